The van der Waals surface area contributed by atoms with Gasteiger partial charge >= 0.3 is 0 Å². The Morgan fingerprint density at radius 2 is 1.70 bits per heavy atom. The van der Waals surface area contributed by atoms with Gasteiger partial charge in [0.15, 0.2) is 0 Å². The number of nitrogens with zero attached hydrogens (tertiary/aromatic N) is 3. The Morgan fingerprint density at radius 3 is 2.30 bits per heavy atom. The Bertz CT molecular complexity index is 837. The van der Waals surface area contributed by atoms with Crippen molar-refractivity contribution in [3.05, 3.63) is 52.6 Å². The normalized spacial score (nSPS) is 15.5. The van der Waals surface area contributed by atoms with Gasteiger partial charge in [-0.1, -0.05) is 0 Å². The minimum Gasteiger partial charge on any atom is -0.497 e. The number of nitro benzene ring substituents is 1. The van der Waals surface area contributed by atoms with Crippen molar-refractivity contribution in [1.29, 1.82) is 0 Å². The number of rotatable bonds is 9. The van der Waals surface area contributed by atoms with Gasteiger partial charge in [0.2, 0.25) is 0 Å². The molecule has 0 bridgehead atoms. The summed E-state index contributed by atoms with van der Waals surface area (Å²) in [5, 5.41) is 21.0. The third kappa shape index (κ3) is 5.52. The van der Waals surface area contributed by atoms with E-state index in [4.69, 9.17) is 14.2 Å². The highest BCUT2D eigenvalue weighted by atomic mass is 16.6. The Hall–Kier alpha value is -3.04. The number of anilines is 1. The zero-order valence-electron chi connectivity index (χ0n) is 17.2. The first-order valence-corrected chi connectivity index (χ1v) is 9.75. The predicted molar refractivity (Wildman–Crippen MR) is 113 cm³/mol. The Balaban J connectivity index is 1.45. The molecule has 30 heavy (non-hydrogen) atoms. The number of non-ortho nitro benzene ring substituents is 1. The molecule has 9 nitrogen and oxygen atoms in total. The first-order valence-electron chi connectivity index (χ1n) is 9.75. The lowest BCUT2D eigenvalue weighted by molar-refractivity contribution is -0.384. The van der Waals surface area contributed by atoms with Gasteiger partial charge in [-0.2, -0.15) is 0 Å². The van der Waals surface area contributed by atoms with E-state index in [1.165, 1.54) is 24.3 Å². The molecule has 0 radical (unpaired) electrons. The SMILES string of the molecule is COc1ccc(N2CCN(CC(O)COc3ccc([N+](=O)[O-])cc3)CC2)c(OC)c1. The highest BCUT2D eigenvalue weighted by Gasteiger charge is 2.22. The fourth-order valence-electron chi connectivity index (χ4n) is 3.42. The maximum absolute atomic E-state index is 10.7. The molecule has 1 aliphatic heterocycles. The molecule has 1 heterocycles. The quantitative estimate of drug-likeness (QED) is 0.490. The largest absolute Gasteiger partial charge is 0.497 e. The minimum atomic E-state index is -0.651. The second-order valence-corrected chi connectivity index (χ2v) is 7.04. The number of β-amino-alcohol motifs (C(OH)–C–C–N with tert-alkyl or cyclic N) is 1. The lowest BCUT2D eigenvalue weighted by atomic mass is 10.2. The molecular weight excluding hydrogens is 390 g/mol. The van der Waals surface area contributed by atoms with Gasteiger partial charge in [0.25, 0.3) is 5.69 Å². The second-order valence-electron chi connectivity index (χ2n) is 7.04. The Kier molecular flexibility index (Phi) is 7.31. The highest BCUT2D eigenvalue weighted by molar-refractivity contribution is 5.61. The average Bonchev–Trinajstić information content (AvgIpc) is 2.78. The molecule has 162 valence electrons. The number of aliphatic hydroxyl groups excluding tert-OH is 1. The summed E-state index contributed by atoms with van der Waals surface area (Å²) in [7, 11) is 3.28. The lowest BCUT2D eigenvalue weighted by Gasteiger charge is -2.37. The van der Waals surface area contributed by atoms with Crippen LogP contribution in [0.15, 0.2) is 42.5 Å². The molecule has 1 N–H and O–H groups in total. The van der Waals surface area contributed by atoms with Gasteiger partial charge in [-0.05, 0) is 24.3 Å². The van der Waals surface area contributed by atoms with E-state index in [9.17, 15) is 15.2 Å². The van der Waals surface area contributed by atoms with Gasteiger partial charge in [-0.15, -0.1) is 0 Å². The van der Waals surface area contributed by atoms with E-state index < -0.39 is 11.0 Å². The van der Waals surface area contributed by atoms with E-state index in [0.29, 0.717) is 12.3 Å². The van der Waals surface area contributed by atoms with Crippen molar-refractivity contribution in [2.24, 2.45) is 0 Å². The van der Waals surface area contributed by atoms with Crippen LogP contribution in [0.4, 0.5) is 11.4 Å². The maximum Gasteiger partial charge on any atom is 0.269 e. The summed E-state index contributed by atoms with van der Waals surface area (Å²) in [6, 6.07) is 11.6. The van der Waals surface area contributed by atoms with E-state index in [1.54, 1.807) is 14.2 Å². The molecule has 0 spiro atoms. The molecule has 9 heteroatoms. The van der Waals surface area contributed by atoms with Crippen molar-refractivity contribution in [2.75, 3.05) is 58.5 Å². The zero-order chi connectivity index (χ0) is 21.5. The van der Waals surface area contributed by atoms with Gasteiger partial charge in [-0.3, -0.25) is 15.0 Å². The number of aliphatic hydroxyl groups is 1. The van der Waals surface area contributed by atoms with E-state index in [1.807, 2.05) is 18.2 Å². The van der Waals surface area contributed by atoms with Gasteiger partial charge in [0.1, 0.15) is 30.0 Å². The number of benzene rings is 2. The van der Waals surface area contributed by atoms with Crippen LogP contribution < -0.4 is 19.1 Å². The second kappa shape index (κ2) is 10.1. The number of ether oxygens (including phenoxy) is 3. The van der Waals surface area contributed by atoms with Crippen LogP contribution in [-0.4, -0.2) is 74.6 Å². The van der Waals surface area contributed by atoms with Crippen LogP contribution in [0.1, 0.15) is 0 Å². The van der Waals surface area contributed by atoms with Crippen LogP contribution in [0, 0.1) is 10.1 Å². The van der Waals surface area contributed by atoms with Crippen LogP contribution in [0.2, 0.25) is 0 Å². The van der Waals surface area contributed by atoms with Crippen LogP contribution in [0.5, 0.6) is 17.2 Å². The number of nitro groups is 1. The smallest absolute Gasteiger partial charge is 0.269 e. The Morgan fingerprint density at radius 1 is 1.03 bits per heavy atom. The zero-order valence-corrected chi connectivity index (χ0v) is 17.2. The molecule has 3 rings (SSSR count). The molecule has 1 unspecified atom stereocenters. The minimum absolute atomic E-state index is 0.00857. The molecule has 2 aromatic rings. The standard InChI is InChI=1S/C21H27N3O6/c1-28-19-7-8-20(21(13-19)29-2)23-11-9-22(10-12-23)14-17(25)15-30-18-5-3-16(4-6-18)24(26)27/h3-8,13,17,25H,9-12,14-15H2,1-2H3. The topological polar surface area (TPSA) is 97.5 Å². The van der Waals surface area contributed by atoms with Crippen molar-refractivity contribution in [2.45, 2.75) is 6.10 Å². The van der Waals surface area contributed by atoms with Crippen molar-refractivity contribution in [1.82, 2.24) is 4.90 Å². The molecule has 1 atom stereocenters. The monoisotopic (exact) mass is 417 g/mol. The average molecular weight is 417 g/mol. The summed E-state index contributed by atoms with van der Waals surface area (Å²) in [5.41, 5.74) is 1.04. The summed E-state index contributed by atoms with van der Waals surface area (Å²) >= 11 is 0. The molecule has 1 aliphatic rings. The van der Waals surface area contributed by atoms with Gasteiger partial charge in [-0.25, -0.2) is 0 Å². The third-order valence-corrected chi connectivity index (χ3v) is 5.06. The number of piperazine rings is 1. The van der Waals surface area contributed by atoms with Gasteiger partial charge in [0.05, 0.1) is 24.8 Å². The maximum atomic E-state index is 10.7. The van der Waals surface area contributed by atoms with E-state index in [-0.39, 0.29) is 12.3 Å². The molecule has 1 saturated heterocycles. The highest BCUT2D eigenvalue weighted by Crippen LogP contribution is 2.32. The van der Waals surface area contributed by atoms with Crippen LogP contribution >= 0.6 is 0 Å². The Labute approximate surface area is 175 Å². The molecule has 2 aromatic carbocycles. The number of methoxy groups -OCH3 is 2. The number of hydrogen-bond donors (Lipinski definition) is 1. The molecule has 1 fully saturated rings. The molecule has 0 saturated carbocycles. The number of hydrogen-bond acceptors (Lipinski definition) is 8. The summed E-state index contributed by atoms with van der Waals surface area (Å²) in [5.74, 6) is 2.03. The lowest BCUT2D eigenvalue weighted by Crippen LogP contribution is -2.49. The molecule has 0 amide bonds. The van der Waals surface area contributed by atoms with E-state index >= 15 is 0 Å². The van der Waals surface area contributed by atoms with Crippen molar-refractivity contribution in [3.8, 4) is 17.2 Å². The van der Waals surface area contributed by atoms with Crippen LogP contribution in [0.3, 0.4) is 0 Å². The van der Waals surface area contributed by atoms with E-state index in [2.05, 4.69) is 9.80 Å². The first kappa shape index (κ1) is 21.7. The van der Waals surface area contributed by atoms with Crippen molar-refractivity contribution >= 4 is 11.4 Å². The molecular formula is C21H27N3O6. The van der Waals surface area contributed by atoms with Crippen LogP contribution in [0.25, 0.3) is 0 Å². The van der Waals surface area contributed by atoms with Crippen molar-refractivity contribution < 1.29 is 24.2 Å². The summed E-state index contributed by atoms with van der Waals surface area (Å²) in [4.78, 5) is 14.7. The summed E-state index contributed by atoms with van der Waals surface area (Å²) < 4.78 is 16.3. The van der Waals surface area contributed by atoms with Crippen molar-refractivity contribution in [3.63, 3.8) is 0 Å². The van der Waals surface area contributed by atoms with Gasteiger partial charge in [0, 0.05) is 50.9 Å². The molecule has 0 aliphatic carbocycles. The fraction of sp³-hybridized carbons (Fsp3) is 0.429. The van der Waals surface area contributed by atoms with E-state index in [0.717, 1.165) is 43.4 Å². The predicted octanol–water partition coefficient (Wildman–Crippen LogP) is 2.17. The summed E-state index contributed by atoms with van der Waals surface area (Å²) in [6.45, 7) is 3.88. The molecule has 0 aromatic heterocycles. The van der Waals surface area contributed by atoms with Gasteiger partial charge < -0.3 is 24.2 Å². The summed E-state index contributed by atoms with van der Waals surface area (Å²) in [6.07, 6.45) is -0.651. The van der Waals surface area contributed by atoms with Crippen LogP contribution in [-0.2, 0) is 0 Å². The third-order valence-electron chi connectivity index (χ3n) is 5.06. The first-order chi connectivity index (χ1) is 14.5. The fourth-order valence-corrected chi connectivity index (χ4v) is 3.42.